The maximum atomic E-state index is 12.3. The molecule has 4 rings (SSSR count). The molecule has 2 aromatic heterocycles. The molecule has 0 atom stereocenters. The van der Waals surface area contributed by atoms with Crippen LogP contribution in [0.5, 0.6) is 0 Å². The first-order chi connectivity index (χ1) is 13.1. The largest absolute Gasteiger partial charge is 0.296 e. The zero-order valence-electron chi connectivity index (χ0n) is 14.3. The molecule has 0 saturated heterocycles. The van der Waals surface area contributed by atoms with Gasteiger partial charge in [-0.05, 0) is 29.8 Å². The first-order valence-corrected chi connectivity index (χ1v) is 10.0. The van der Waals surface area contributed by atoms with Crippen molar-refractivity contribution in [3.63, 3.8) is 0 Å². The second-order valence-electron chi connectivity index (χ2n) is 6.27. The highest BCUT2D eigenvalue weighted by molar-refractivity contribution is 7.15. The van der Waals surface area contributed by atoms with Gasteiger partial charge in [-0.3, -0.25) is 20.0 Å². The van der Waals surface area contributed by atoms with E-state index in [-0.39, 0.29) is 5.91 Å². The van der Waals surface area contributed by atoms with Gasteiger partial charge in [0.05, 0.1) is 15.7 Å². The van der Waals surface area contributed by atoms with Crippen molar-refractivity contribution in [2.24, 2.45) is 0 Å². The van der Waals surface area contributed by atoms with Crippen LogP contribution in [0.4, 0.5) is 5.13 Å². The summed E-state index contributed by atoms with van der Waals surface area (Å²) in [4.78, 5) is 24.4. The Kier molecular flexibility index (Phi) is 5.41. The lowest BCUT2D eigenvalue weighted by molar-refractivity contribution is 0.102. The summed E-state index contributed by atoms with van der Waals surface area (Å²) < 4.78 is 0. The van der Waals surface area contributed by atoms with Crippen LogP contribution in [0, 0.1) is 0 Å². The van der Waals surface area contributed by atoms with Crippen LogP contribution < -0.4 is 5.32 Å². The van der Waals surface area contributed by atoms with E-state index in [1.54, 1.807) is 24.4 Å². The van der Waals surface area contributed by atoms with Crippen LogP contribution in [-0.4, -0.2) is 27.3 Å². The molecule has 1 N–H and O–H groups in total. The molecule has 0 unspecified atom stereocenters. The number of nitrogens with one attached hydrogen (secondary N) is 1. The lowest BCUT2D eigenvalue weighted by Crippen LogP contribution is -2.29. The summed E-state index contributed by atoms with van der Waals surface area (Å²) in [6.45, 7) is 2.50. The van der Waals surface area contributed by atoms with Gasteiger partial charge >= 0.3 is 0 Å². The number of aromatic nitrogens is 2. The number of thiazole rings is 1. The first-order valence-electron chi connectivity index (χ1n) is 8.46. The molecule has 0 saturated carbocycles. The number of anilines is 1. The molecule has 1 aliphatic rings. The van der Waals surface area contributed by atoms with E-state index in [1.165, 1.54) is 16.2 Å². The van der Waals surface area contributed by atoms with Crippen molar-refractivity contribution in [3.8, 4) is 0 Å². The van der Waals surface area contributed by atoms with Crippen molar-refractivity contribution in [2.75, 3.05) is 11.9 Å². The summed E-state index contributed by atoms with van der Waals surface area (Å²) in [5.74, 6) is -0.241. The van der Waals surface area contributed by atoms with Crippen molar-refractivity contribution in [2.45, 2.75) is 19.5 Å². The number of hydrogen-bond acceptors (Lipinski definition) is 5. The van der Waals surface area contributed by atoms with Crippen LogP contribution in [0.2, 0.25) is 10.0 Å². The van der Waals surface area contributed by atoms with E-state index in [4.69, 9.17) is 23.2 Å². The van der Waals surface area contributed by atoms with Gasteiger partial charge in [0.1, 0.15) is 5.69 Å². The van der Waals surface area contributed by atoms with Crippen LogP contribution in [0.3, 0.4) is 0 Å². The van der Waals surface area contributed by atoms with E-state index < -0.39 is 0 Å². The number of rotatable bonds is 4. The van der Waals surface area contributed by atoms with E-state index in [0.29, 0.717) is 20.9 Å². The Labute approximate surface area is 171 Å². The second kappa shape index (κ2) is 7.94. The minimum atomic E-state index is -0.241. The fraction of sp³-hybridized carbons (Fsp3) is 0.211. The molecule has 0 bridgehead atoms. The van der Waals surface area contributed by atoms with Crippen LogP contribution >= 0.6 is 34.5 Å². The summed E-state index contributed by atoms with van der Waals surface area (Å²) in [6.07, 6.45) is 2.45. The Morgan fingerprint density at radius 2 is 2.11 bits per heavy atom. The summed E-state index contributed by atoms with van der Waals surface area (Å²) in [6, 6.07) is 11.0. The molecular formula is C19H16Cl2N4OS. The van der Waals surface area contributed by atoms with E-state index in [2.05, 4.69) is 20.2 Å². The molecular weight excluding hydrogens is 403 g/mol. The fourth-order valence-corrected chi connectivity index (χ4v) is 4.36. The predicted octanol–water partition coefficient (Wildman–Crippen LogP) is 4.66. The topological polar surface area (TPSA) is 58.1 Å². The Balaban J connectivity index is 1.43. The number of carbonyl (C=O) groups excluding carboxylic acids is 1. The molecule has 3 heterocycles. The van der Waals surface area contributed by atoms with Gasteiger partial charge in [0, 0.05) is 37.1 Å². The second-order valence-corrected chi connectivity index (χ2v) is 8.17. The third kappa shape index (κ3) is 4.30. The lowest BCUT2D eigenvalue weighted by Gasteiger charge is -2.25. The minimum Gasteiger partial charge on any atom is -0.296 e. The zero-order chi connectivity index (χ0) is 18.8. The molecule has 0 radical (unpaired) electrons. The summed E-state index contributed by atoms with van der Waals surface area (Å²) in [7, 11) is 0. The molecule has 0 fully saturated rings. The molecule has 5 nitrogen and oxygen atoms in total. The van der Waals surface area contributed by atoms with E-state index in [9.17, 15) is 4.79 Å². The molecule has 1 amide bonds. The highest BCUT2D eigenvalue weighted by atomic mass is 35.5. The number of amides is 1. The molecule has 0 aliphatic carbocycles. The van der Waals surface area contributed by atoms with Crippen molar-refractivity contribution in [1.82, 2.24) is 14.9 Å². The van der Waals surface area contributed by atoms with Crippen LogP contribution in [0.15, 0.2) is 42.6 Å². The van der Waals surface area contributed by atoms with Crippen LogP contribution in [0.25, 0.3) is 0 Å². The van der Waals surface area contributed by atoms with Gasteiger partial charge in [0.25, 0.3) is 5.91 Å². The van der Waals surface area contributed by atoms with Gasteiger partial charge in [-0.25, -0.2) is 4.98 Å². The third-order valence-corrected chi connectivity index (χ3v) is 6.06. The number of pyridine rings is 1. The fourth-order valence-electron chi connectivity index (χ4n) is 2.99. The Bertz CT molecular complexity index is 977. The predicted molar refractivity (Wildman–Crippen MR) is 109 cm³/mol. The van der Waals surface area contributed by atoms with Crippen molar-refractivity contribution >= 4 is 45.6 Å². The Hall–Kier alpha value is -1.99. The molecule has 3 aromatic rings. The standard InChI is InChI=1S/C19H16Cl2N4OS/c20-13-5-4-12(9-14(13)21)10-25-8-6-15-17(11-25)27-19(23-15)24-18(26)16-3-1-2-7-22-16/h1-5,7,9H,6,8,10-11H2,(H,23,24,26). The van der Waals surface area contributed by atoms with Gasteiger partial charge in [0.15, 0.2) is 5.13 Å². The van der Waals surface area contributed by atoms with Crippen molar-refractivity contribution < 1.29 is 4.79 Å². The maximum absolute atomic E-state index is 12.3. The average Bonchev–Trinajstić information content (AvgIpc) is 3.07. The number of carbonyl (C=O) groups is 1. The quantitative estimate of drug-likeness (QED) is 0.669. The SMILES string of the molecule is O=C(Nc1nc2c(s1)CN(Cc1ccc(Cl)c(Cl)c1)CC2)c1ccccn1. The summed E-state index contributed by atoms with van der Waals surface area (Å²) in [5.41, 5.74) is 2.56. The molecule has 1 aliphatic heterocycles. The third-order valence-electron chi connectivity index (χ3n) is 4.32. The smallest absolute Gasteiger partial charge is 0.276 e. The first kappa shape index (κ1) is 18.4. The van der Waals surface area contributed by atoms with Crippen LogP contribution in [0.1, 0.15) is 26.6 Å². The minimum absolute atomic E-state index is 0.241. The monoisotopic (exact) mass is 418 g/mol. The maximum Gasteiger partial charge on any atom is 0.276 e. The normalized spacial score (nSPS) is 14.0. The molecule has 138 valence electrons. The number of halogens is 2. The van der Waals surface area contributed by atoms with Crippen LogP contribution in [-0.2, 0) is 19.5 Å². The number of nitrogens with zero attached hydrogens (tertiary/aromatic N) is 3. The van der Waals surface area contributed by atoms with E-state index >= 15 is 0 Å². The number of fused-ring (bicyclic) bond motifs is 1. The van der Waals surface area contributed by atoms with E-state index in [1.807, 2.05) is 18.2 Å². The lowest BCUT2D eigenvalue weighted by atomic mass is 10.1. The van der Waals surface area contributed by atoms with Crippen molar-refractivity contribution in [3.05, 3.63) is 74.5 Å². The van der Waals surface area contributed by atoms with Crippen molar-refractivity contribution in [1.29, 1.82) is 0 Å². The number of hydrogen-bond donors (Lipinski definition) is 1. The average molecular weight is 419 g/mol. The van der Waals surface area contributed by atoms with Gasteiger partial charge in [-0.1, -0.05) is 35.3 Å². The zero-order valence-corrected chi connectivity index (χ0v) is 16.6. The van der Waals surface area contributed by atoms with E-state index in [0.717, 1.165) is 37.3 Å². The highest BCUT2D eigenvalue weighted by Crippen LogP contribution is 2.30. The Morgan fingerprint density at radius 3 is 2.89 bits per heavy atom. The molecule has 0 spiro atoms. The molecule has 1 aromatic carbocycles. The number of benzene rings is 1. The van der Waals surface area contributed by atoms with Gasteiger partial charge in [-0.2, -0.15) is 0 Å². The van der Waals surface area contributed by atoms with Gasteiger partial charge in [-0.15, -0.1) is 11.3 Å². The van der Waals surface area contributed by atoms with Gasteiger partial charge < -0.3 is 0 Å². The summed E-state index contributed by atoms with van der Waals surface area (Å²) in [5, 5.41) is 4.61. The molecule has 8 heteroatoms. The Morgan fingerprint density at radius 1 is 1.22 bits per heavy atom. The van der Waals surface area contributed by atoms with Gasteiger partial charge in [0.2, 0.25) is 0 Å². The molecule has 27 heavy (non-hydrogen) atoms. The highest BCUT2D eigenvalue weighted by Gasteiger charge is 2.22. The summed E-state index contributed by atoms with van der Waals surface area (Å²) >= 11 is 13.6.